The number of carbonyl (C=O) groups is 1. The maximum Gasteiger partial charge on any atom is 0.276 e. The fourth-order valence-corrected chi connectivity index (χ4v) is 4.55. The lowest BCUT2D eigenvalue weighted by molar-refractivity contribution is -0.895. The summed E-state index contributed by atoms with van der Waals surface area (Å²) in [5.74, 6) is 0.431. The average Bonchev–Trinajstić information content (AvgIpc) is 2.68. The maximum atomic E-state index is 12.8. The molecule has 1 atom stereocenters. The number of nitriles is 1. The quantitative estimate of drug-likeness (QED) is 0.614. The van der Waals surface area contributed by atoms with E-state index in [0.717, 1.165) is 4.90 Å². The fourth-order valence-electron chi connectivity index (χ4n) is 3.11. The Labute approximate surface area is 173 Å². The normalized spacial score (nSPS) is 18.1. The van der Waals surface area contributed by atoms with Crippen LogP contribution in [0.4, 0.5) is 0 Å². The van der Waals surface area contributed by atoms with E-state index in [0.29, 0.717) is 38.5 Å². The van der Waals surface area contributed by atoms with Crippen molar-refractivity contribution in [2.45, 2.75) is 38.1 Å². The molecule has 1 aliphatic rings. The van der Waals surface area contributed by atoms with Gasteiger partial charge in [0.15, 0.2) is 6.54 Å². The smallest absolute Gasteiger partial charge is 0.276 e. The van der Waals surface area contributed by atoms with Gasteiger partial charge in [-0.1, -0.05) is 13.8 Å². The van der Waals surface area contributed by atoms with Crippen molar-refractivity contribution in [1.29, 1.82) is 5.26 Å². The molecule has 0 bridgehead atoms. The molecule has 29 heavy (non-hydrogen) atoms. The van der Waals surface area contributed by atoms with E-state index in [4.69, 9.17) is 4.74 Å². The zero-order valence-electron chi connectivity index (χ0n) is 17.6. The topological polar surface area (TPSA) is 104 Å². The molecule has 0 aromatic heterocycles. The van der Waals surface area contributed by atoms with Crippen LogP contribution < -0.4 is 15.0 Å². The Bertz CT molecular complexity index is 840. The highest BCUT2D eigenvalue weighted by molar-refractivity contribution is 7.89. The largest absolute Gasteiger partial charge is 0.494 e. The number of rotatable bonds is 8. The first-order valence-electron chi connectivity index (χ1n) is 9.91. The highest BCUT2D eigenvalue weighted by atomic mass is 32.2. The lowest BCUT2D eigenvalue weighted by atomic mass is 9.90. The highest BCUT2D eigenvalue weighted by Gasteiger charge is 2.34. The summed E-state index contributed by atoms with van der Waals surface area (Å²) in [5, 5.41) is 12.1. The van der Waals surface area contributed by atoms with Gasteiger partial charge in [0.2, 0.25) is 10.0 Å². The molecule has 1 aromatic rings. The molecule has 1 fully saturated rings. The molecule has 1 amide bonds. The van der Waals surface area contributed by atoms with Gasteiger partial charge in [-0.2, -0.15) is 9.57 Å². The summed E-state index contributed by atoms with van der Waals surface area (Å²) >= 11 is 0. The van der Waals surface area contributed by atoms with Gasteiger partial charge >= 0.3 is 0 Å². The first kappa shape index (κ1) is 23.1. The van der Waals surface area contributed by atoms with Gasteiger partial charge in [0, 0.05) is 0 Å². The summed E-state index contributed by atoms with van der Waals surface area (Å²) in [6.07, 6.45) is 0. The van der Waals surface area contributed by atoms with Crippen molar-refractivity contribution in [3.8, 4) is 11.8 Å². The second-order valence-corrected chi connectivity index (χ2v) is 9.69. The Morgan fingerprint density at radius 3 is 2.38 bits per heavy atom. The first-order chi connectivity index (χ1) is 13.6. The van der Waals surface area contributed by atoms with Crippen molar-refractivity contribution in [1.82, 2.24) is 9.62 Å². The molecule has 1 aromatic carbocycles. The monoisotopic (exact) mass is 423 g/mol. The molecule has 1 aliphatic heterocycles. The van der Waals surface area contributed by atoms with Crippen LogP contribution in [0.3, 0.4) is 0 Å². The van der Waals surface area contributed by atoms with Crippen LogP contribution in [0.2, 0.25) is 0 Å². The molecule has 0 radical (unpaired) electrons. The number of ether oxygens (including phenoxy) is 1. The van der Waals surface area contributed by atoms with Crippen LogP contribution in [-0.4, -0.2) is 63.5 Å². The third-order valence-corrected chi connectivity index (χ3v) is 7.31. The molecular weight excluding hydrogens is 392 g/mol. The maximum absolute atomic E-state index is 12.8. The number of nitrogens with one attached hydrogen (secondary N) is 2. The van der Waals surface area contributed by atoms with E-state index in [2.05, 4.69) is 11.4 Å². The van der Waals surface area contributed by atoms with E-state index >= 15 is 0 Å². The number of quaternary nitrogens is 1. The van der Waals surface area contributed by atoms with E-state index in [1.54, 1.807) is 31.2 Å². The van der Waals surface area contributed by atoms with Gasteiger partial charge in [0.1, 0.15) is 11.3 Å². The van der Waals surface area contributed by atoms with Gasteiger partial charge in [-0.25, -0.2) is 8.42 Å². The number of piperazine rings is 1. The zero-order chi connectivity index (χ0) is 21.7. The van der Waals surface area contributed by atoms with Gasteiger partial charge in [0.05, 0.1) is 43.8 Å². The van der Waals surface area contributed by atoms with Crippen LogP contribution in [-0.2, 0) is 14.8 Å². The molecule has 0 unspecified atom stereocenters. The minimum Gasteiger partial charge on any atom is -0.494 e. The Kier molecular flexibility index (Phi) is 7.63. The fraction of sp³-hybridized carbons (Fsp3) is 0.600. The predicted octanol–water partition coefficient (Wildman–Crippen LogP) is 0.0290. The third kappa shape index (κ3) is 5.69. The summed E-state index contributed by atoms with van der Waals surface area (Å²) in [6, 6.07) is 8.59. The Balaban J connectivity index is 1.92. The molecule has 0 saturated carbocycles. The first-order valence-corrected chi connectivity index (χ1v) is 11.3. The molecule has 9 heteroatoms. The lowest BCUT2D eigenvalue weighted by Crippen LogP contribution is -3.16. The molecule has 0 aliphatic carbocycles. The minimum absolute atomic E-state index is 0.0115. The van der Waals surface area contributed by atoms with E-state index in [1.165, 1.54) is 4.31 Å². The van der Waals surface area contributed by atoms with Crippen LogP contribution in [0.5, 0.6) is 5.75 Å². The zero-order valence-corrected chi connectivity index (χ0v) is 18.4. The average molecular weight is 424 g/mol. The van der Waals surface area contributed by atoms with Crippen molar-refractivity contribution >= 4 is 15.9 Å². The van der Waals surface area contributed by atoms with E-state index in [1.807, 2.05) is 20.8 Å². The predicted molar refractivity (Wildman–Crippen MR) is 109 cm³/mol. The number of carbonyl (C=O) groups excluding carboxylic acids is 1. The molecule has 8 nitrogen and oxygen atoms in total. The SMILES string of the molecule is CCOc1ccc(S(=O)(=O)N2CC[NH+](CC(=O)N[C@](C)(C#N)C(C)C)CC2)cc1. The standard InChI is InChI=1S/C20H30N4O4S/c1-5-28-17-6-8-18(9-7-17)29(26,27)24-12-10-23(11-13-24)14-19(25)22-20(4,15-21)16(2)3/h6-9,16H,5,10-14H2,1-4H3,(H,22,25)/p+1/t20-/m1/s1. The van der Waals surface area contributed by atoms with Crippen LogP contribution >= 0.6 is 0 Å². The molecule has 1 heterocycles. The Morgan fingerprint density at radius 1 is 1.31 bits per heavy atom. The molecule has 0 spiro atoms. The second kappa shape index (κ2) is 9.57. The van der Waals surface area contributed by atoms with Crippen molar-refractivity contribution < 1.29 is 22.8 Å². The number of nitrogens with zero attached hydrogens (tertiary/aromatic N) is 2. The summed E-state index contributed by atoms with van der Waals surface area (Å²) < 4.78 is 32.5. The van der Waals surface area contributed by atoms with E-state index in [-0.39, 0.29) is 23.3 Å². The van der Waals surface area contributed by atoms with Crippen molar-refractivity contribution in [2.24, 2.45) is 5.92 Å². The van der Waals surface area contributed by atoms with E-state index < -0.39 is 15.6 Å². The third-order valence-electron chi connectivity index (χ3n) is 5.40. The molecule has 1 saturated heterocycles. The number of amides is 1. The van der Waals surface area contributed by atoms with Gasteiger partial charge in [-0.15, -0.1) is 0 Å². The second-order valence-electron chi connectivity index (χ2n) is 7.75. The van der Waals surface area contributed by atoms with Crippen LogP contribution in [0.15, 0.2) is 29.2 Å². The number of benzene rings is 1. The van der Waals surface area contributed by atoms with Crippen LogP contribution in [0.1, 0.15) is 27.7 Å². The van der Waals surface area contributed by atoms with Crippen LogP contribution in [0.25, 0.3) is 0 Å². The number of hydrogen-bond acceptors (Lipinski definition) is 5. The van der Waals surface area contributed by atoms with Crippen molar-refractivity contribution in [2.75, 3.05) is 39.3 Å². The van der Waals surface area contributed by atoms with Crippen LogP contribution in [0, 0.1) is 17.2 Å². The van der Waals surface area contributed by atoms with Gasteiger partial charge < -0.3 is 15.0 Å². The minimum atomic E-state index is -3.57. The van der Waals surface area contributed by atoms with Gasteiger partial charge in [0.25, 0.3) is 5.91 Å². The van der Waals surface area contributed by atoms with Crippen molar-refractivity contribution in [3.05, 3.63) is 24.3 Å². The molecular formula is C20H31N4O4S+. The van der Waals surface area contributed by atoms with Gasteiger partial charge in [-0.3, -0.25) is 4.79 Å². The Morgan fingerprint density at radius 2 is 1.90 bits per heavy atom. The summed E-state index contributed by atoms with van der Waals surface area (Å²) in [4.78, 5) is 13.6. The van der Waals surface area contributed by atoms with Gasteiger partial charge in [-0.05, 0) is 44.0 Å². The number of hydrogen-bond donors (Lipinski definition) is 2. The van der Waals surface area contributed by atoms with Crippen molar-refractivity contribution in [3.63, 3.8) is 0 Å². The highest BCUT2D eigenvalue weighted by Crippen LogP contribution is 2.19. The molecule has 2 rings (SSSR count). The number of sulfonamides is 1. The summed E-state index contributed by atoms with van der Waals surface area (Å²) in [7, 11) is -3.57. The summed E-state index contributed by atoms with van der Waals surface area (Å²) in [5.41, 5.74) is -0.907. The summed E-state index contributed by atoms with van der Waals surface area (Å²) in [6.45, 7) is 9.87. The Hall–Kier alpha value is -2.15. The molecule has 2 N–H and O–H groups in total. The van der Waals surface area contributed by atoms with E-state index in [9.17, 15) is 18.5 Å². The molecule has 160 valence electrons. The lowest BCUT2D eigenvalue weighted by Gasteiger charge is -2.32.